The number of ether oxygens (including phenoxy) is 2. The summed E-state index contributed by atoms with van der Waals surface area (Å²) in [5.74, 6) is 1.03. The predicted octanol–water partition coefficient (Wildman–Crippen LogP) is 4.73. The van der Waals surface area contributed by atoms with E-state index in [2.05, 4.69) is 23.7 Å². The van der Waals surface area contributed by atoms with Crippen molar-refractivity contribution in [1.82, 2.24) is 5.43 Å². The van der Waals surface area contributed by atoms with Gasteiger partial charge in [-0.2, -0.15) is 5.10 Å². The predicted molar refractivity (Wildman–Crippen MR) is 117 cm³/mol. The first kappa shape index (κ1) is 19.9. The molecule has 146 valence electrons. The smallest absolute Gasteiger partial charge is 0.271 e. The lowest BCUT2D eigenvalue weighted by atomic mass is 10.0. The fraction of sp³-hybridized carbons (Fsp3) is 0.0833. The SMILES string of the molecule is C=CCOc1ccc(C(=O)N/N=C\c2c(OCC=C)ccc3ccccc23)cc1. The topological polar surface area (TPSA) is 59.9 Å². The van der Waals surface area contributed by atoms with Gasteiger partial charge in [0.1, 0.15) is 24.7 Å². The molecule has 0 fully saturated rings. The Balaban J connectivity index is 1.76. The van der Waals surface area contributed by atoms with Gasteiger partial charge in [-0.05, 0) is 41.1 Å². The summed E-state index contributed by atoms with van der Waals surface area (Å²) in [6.45, 7) is 8.08. The molecule has 0 unspecified atom stereocenters. The first-order chi connectivity index (χ1) is 14.2. The number of rotatable bonds is 9. The maximum atomic E-state index is 12.4. The number of hydrazone groups is 1. The minimum absolute atomic E-state index is 0.315. The lowest BCUT2D eigenvalue weighted by Gasteiger charge is -2.10. The Kier molecular flexibility index (Phi) is 6.79. The standard InChI is InChI=1S/C24H22N2O3/c1-3-15-28-20-12-9-19(10-13-20)24(27)26-25-17-22-21-8-6-5-7-18(21)11-14-23(22)29-16-4-2/h3-14,17H,1-2,15-16H2,(H,26,27)/b25-17-. The number of amides is 1. The van der Waals surface area contributed by atoms with E-state index in [9.17, 15) is 4.79 Å². The van der Waals surface area contributed by atoms with Gasteiger partial charge in [-0.25, -0.2) is 5.43 Å². The largest absolute Gasteiger partial charge is 0.490 e. The molecule has 0 saturated carbocycles. The van der Waals surface area contributed by atoms with Crippen molar-refractivity contribution < 1.29 is 14.3 Å². The number of carbonyl (C=O) groups is 1. The first-order valence-corrected chi connectivity index (χ1v) is 9.15. The number of fused-ring (bicyclic) bond motifs is 1. The van der Waals surface area contributed by atoms with Gasteiger partial charge in [0, 0.05) is 11.1 Å². The van der Waals surface area contributed by atoms with Crippen LogP contribution in [0.4, 0.5) is 0 Å². The summed E-state index contributed by atoms with van der Waals surface area (Å²) in [4.78, 5) is 12.4. The van der Waals surface area contributed by atoms with Gasteiger partial charge in [-0.15, -0.1) is 0 Å². The Labute approximate surface area is 170 Å². The Hall–Kier alpha value is -3.86. The molecule has 5 heteroatoms. The molecular formula is C24H22N2O3. The summed E-state index contributed by atoms with van der Waals surface area (Å²) < 4.78 is 11.2. The average molecular weight is 386 g/mol. The van der Waals surface area contributed by atoms with Gasteiger partial charge in [-0.3, -0.25) is 4.79 Å². The Morgan fingerprint density at radius 3 is 2.41 bits per heavy atom. The number of carbonyl (C=O) groups excluding carboxylic acids is 1. The third-order valence-corrected chi connectivity index (χ3v) is 4.13. The second-order valence-electron chi connectivity index (χ2n) is 6.12. The van der Waals surface area contributed by atoms with Crippen molar-refractivity contribution in [3.8, 4) is 11.5 Å². The fourth-order valence-corrected chi connectivity index (χ4v) is 2.76. The highest BCUT2D eigenvalue weighted by Gasteiger charge is 2.08. The van der Waals surface area contributed by atoms with Crippen LogP contribution in [0.3, 0.4) is 0 Å². The van der Waals surface area contributed by atoms with Crippen LogP contribution in [0.15, 0.2) is 91.1 Å². The zero-order valence-electron chi connectivity index (χ0n) is 16.0. The molecule has 0 aliphatic heterocycles. The molecule has 29 heavy (non-hydrogen) atoms. The molecule has 0 spiro atoms. The van der Waals surface area contributed by atoms with Crippen molar-refractivity contribution in [3.63, 3.8) is 0 Å². The second-order valence-corrected chi connectivity index (χ2v) is 6.12. The molecule has 3 rings (SSSR count). The summed E-state index contributed by atoms with van der Waals surface area (Å²) in [7, 11) is 0. The van der Waals surface area contributed by atoms with Crippen molar-refractivity contribution in [3.05, 3.63) is 97.1 Å². The zero-order valence-corrected chi connectivity index (χ0v) is 16.0. The summed E-state index contributed by atoms with van der Waals surface area (Å²) in [5.41, 5.74) is 3.83. The van der Waals surface area contributed by atoms with Crippen LogP contribution < -0.4 is 14.9 Å². The molecule has 5 nitrogen and oxygen atoms in total. The lowest BCUT2D eigenvalue weighted by molar-refractivity contribution is 0.0955. The Bertz CT molecular complexity index is 1040. The number of nitrogens with one attached hydrogen (secondary N) is 1. The first-order valence-electron chi connectivity index (χ1n) is 9.15. The van der Waals surface area contributed by atoms with E-state index in [0.29, 0.717) is 30.3 Å². The normalized spacial score (nSPS) is 10.6. The van der Waals surface area contributed by atoms with Gasteiger partial charge in [0.15, 0.2) is 0 Å². The maximum absolute atomic E-state index is 12.4. The van der Waals surface area contributed by atoms with Crippen molar-refractivity contribution >= 4 is 22.9 Å². The highest BCUT2D eigenvalue weighted by Crippen LogP contribution is 2.26. The molecular weight excluding hydrogens is 364 g/mol. The molecule has 3 aromatic rings. The molecule has 0 saturated heterocycles. The van der Waals surface area contributed by atoms with E-state index in [-0.39, 0.29) is 5.91 Å². The van der Waals surface area contributed by atoms with E-state index in [1.165, 1.54) is 0 Å². The summed E-state index contributed by atoms with van der Waals surface area (Å²) >= 11 is 0. The van der Waals surface area contributed by atoms with Gasteiger partial charge < -0.3 is 9.47 Å². The molecule has 3 aromatic carbocycles. The van der Waals surface area contributed by atoms with E-state index < -0.39 is 0 Å². The number of hydrogen-bond donors (Lipinski definition) is 1. The van der Waals surface area contributed by atoms with E-state index >= 15 is 0 Å². The van der Waals surface area contributed by atoms with Crippen LogP contribution in [0.2, 0.25) is 0 Å². The number of hydrogen-bond acceptors (Lipinski definition) is 4. The van der Waals surface area contributed by atoms with Crippen LogP contribution in [-0.2, 0) is 0 Å². The second kappa shape index (κ2) is 9.90. The minimum atomic E-state index is -0.315. The number of nitrogens with zero attached hydrogens (tertiary/aromatic N) is 1. The Morgan fingerprint density at radius 1 is 0.931 bits per heavy atom. The summed E-state index contributed by atoms with van der Waals surface area (Å²) in [5, 5.41) is 6.17. The van der Waals surface area contributed by atoms with E-state index in [1.54, 1.807) is 42.6 Å². The van der Waals surface area contributed by atoms with Crippen molar-refractivity contribution in [1.29, 1.82) is 0 Å². The molecule has 0 aliphatic carbocycles. The van der Waals surface area contributed by atoms with E-state index in [0.717, 1.165) is 16.3 Å². The fourth-order valence-electron chi connectivity index (χ4n) is 2.76. The minimum Gasteiger partial charge on any atom is -0.490 e. The van der Waals surface area contributed by atoms with Crippen molar-refractivity contribution in [2.24, 2.45) is 5.10 Å². The van der Waals surface area contributed by atoms with Crippen LogP contribution in [-0.4, -0.2) is 25.3 Å². The van der Waals surface area contributed by atoms with Crippen LogP contribution in [0, 0.1) is 0 Å². The lowest BCUT2D eigenvalue weighted by Crippen LogP contribution is -2.17. The van der Waals surface area contributed by atoms with Crippen LogP contribution >= 0.6 is 0 Å². The quantitative estimate of drug-likeness (QED) is 0.328. The van der Waals surface area contributed by atoms with Crippen LogP contribution in [0.1, 0.15) is 15.9 Å². The molecule has 0 aromatic heterocycles. The molecule has 0 heterocycles. The zero-order chi connectivity index (χ0) is 20.5. The van der Waals surface area contributed by atoms with Gasteiger partial charge in [-0.1, -0.05) is 55.6 Å². The number of benzene rings is 3. The summed E-state index contributed by atoms with van der Waals surface area (Å²) in [6, 6.07) is 18.6. The third kappa shape index (κ3) is 5.11. The highest BCUT2D eigenvalue weighted by molar-refractivity contribution is 6.03. The van der Waals surface area contributed by atoms with Gasteiger partial charge in [0.2, 0.25) is 0 Å². The maximum Gasteiger partial charge on any atom is 0.271 e. The summed E-state index contributed by atoms with van der Waals surface area (Å²) in [6.07, 6.45) is 4.94. The van der Waals surface area contributed by atoms with Crippen molar-refractivity contribution in [2.45, 2.75) is 0 Å². The van der Waals surface area contributed by atoms with Gasteiger partial charge in [0.05, 0.1) is 6.21 Å². The van der Waals surface area contributed by atoms with Gasteiger partial charge in [0.25, 0.3) is 5.91 Å². The average Bonchev–Trinajstić information content (AvgIpc) is 2.77. The van der Waals surface area contributed by atoms with Crippen LogP contribution in [0.5, 0.6) is 11.5 Å². The van der Waals surface area contributed by atoms with Crippen LogP contribution in [0.25, 0.3) is 10.8 Å². The molecule has 0 aliphatic rings. The highest BCUT2D eigenvalue weighted by atomic mass is 16.5. The molecule has 0 radical (unpaired) electrons. The Morgan fingerprint density at radius 2 is 1.66 bits per heavy atom. The third-order valence-electron chi connectivity index (χ3n) is 4.13. The molecule has 1 amide bonds. The van der Waals surface area contributed by atoms with E-state index in [4.69, 9.17) is 9.47 Å². The molecule has 1 N–H and O–H groups in total. The monoisotopic (exact) mass is 386 g/mol. The van der Waals surface area contributed by atoms with Crippen molar-refractivity contribution in [2.75, 3.05) is 13.2 Å². The molecule has 0 bridgehead atoms. The molecule has 0 atom stereocenters. The van der Waals surface area contributed by atoms with E-state index in [1.807, 2.05) is 36.4 Å². The van der Waals surface area contributed by atoms with Gasteiger partial charge >= 0.3 is 0 Å².